The smallest absolute Gasteiger partial charge is 0.125 e. The maximum absolute atomic E-state index is 13.1. The molecule has 20 heavy (non-hydrogen) atoms. The Morgan fingerprint density at radius 2 is 1.65 bits per heavy atom. The Labute approximate surface area is 119 Å². The average Bonchev–Trinajstić information content (AvgIpc) is 2.39. The van der Waals surface area contributed by atoms with E-state index in [2.05, 4.69) is 0 Å². The van der Waals surface area contributed by atoms with Crippen LogP contribution in [0.4, 0.5) is 4.39 Å². The SMILES string of the molecule is Cc1cc(F)ccc1COc1c(C)cc(CN)cc1C. The summed E-state index contributed by atoms with van der Waals surface area (Å²) in [6.07, 6.45) is 0. The number of hydrogen-bond donors (Lipinski definition) is 1. The molecule has 0 amide bonds. The van der Waals surface area contributed by atoms with Crippen LogP contribution in [0, 0.1) is 26.6 Å². The van der Waals surface area contributed by atoms with Crippen LogP contribution in [0.1, 0.15) is 27.8 Å². The van der Waals surface area contributed by atoms with Crippen LogP contribution in [0.15, 0.2) is 30.3 Å². The van der Waals surface area contributed by atoms with E-state index in [9.17, 15) is 4.39 Å². The Morgan fingerprint density at radius 1 is 1.00 bits per heavy atom. The number of nitrogens with two attached hydrogens (primary N) is 1. The molecule has 0 spiro atoms. The number of benzene rings is 2. The Hall–Kier alpha value is -1.87. The van der Waals surface area contributed by atoms with Gasteiger partial charge in [0, 0.05) is 6.54 Å². The zero-order valence-corrected chi connectivity index (χ0v) is 12.2. The maximum Gasteiger partial charge on any atom is 0.125 e. The van der Waals surface area contributed by atoms with Crippen LogP contribution in [0.2, 0.25) is 0 Å². The highest BCUT2D eigenvalue weighted by atomic mass is 19.1. The van der Waals surface area contributed by atoms with Crippen LogP contribution < -0.4 is 10.5 Å². The van der Waals surface area contributed by atoms with Crippen molar-refractivity contribution >= 4 is 0 Å². The van der Waals surface area contributed by atoms with Crippen molar-refractivity contribution in [3.63, 3.8) is 0 Å². The van der Waals surface area contributed by atoms with E-state index in [1.54, 1.807) is 6.07 Å². The third kappa shape index (κ3) is 3.17. The number of hydrogen-bond acceptors (Lipinski definition) is 2. The van der Waals surface area contributed by atoms with Gasteiger partial charge in [-0.15, -0.1) is 0 Å². The van der Waals surface area contributed by atoms with Gasteiger partial charge in [-0.2, -0.15) is 0 Å². The van der Waals surface area contributed by atoms with Crippen LogP contribution >= 0.6 is 0 Å². The molecule has 0 saturated carbocycles. The highest BCUT2D eigenvalue weighted by molar-refractivity contribution is 5.43. The van der Waals surface area contributed by atoms with Gasteiger partial charge in [-0.25, -0.2) is 4.39 Å². The van der Waals surface area contributed by atoms with Crippen molar-refractivity contribution in [2.45, 2.75) is 33.9 Å². The summed E-state index contributed by atoms with van der Waals surface area (Å²) in [5, 5.41) is 0. The first-order chi connectivity index (χ1) is 9.51. The second kappa shape index (κ2) is 6.06. The lowest BCUT2D eigenvalue weighted by molar-refractivity contribution is 0.301. The van der Waals surface area contributed by atoms with Gasteiger partial charge in [0.1, 0.15) is 18.2 Å². The molecule has 0 radical (unpaired) electrons. The molecule has 0 unspecified atom stereocenters. The normalized spacial score (nSPS) is 10.7. The van der Waals surface area contributed by atoms with Crippen LogP contribution in [0.3, 0.4) is 0 Å². The fourth-order valence-electron chi connectivity index (χ4n) is 2.36. The van der Waals surface area contributed by atoms with Crippen molar-refractivity contribution in [3.05, 3.63) is 64.0 Å². The standard InChI is InChI=1S/C17H20FNO/c1-11-8-16(18)5-4-15(11)10-20-17-12(2)6-14(9-19)7-13(17)3/h4-8H,9-10,19H2,1-3H3. The summed E-state index contributed by atoms with van der Waals surface area (Å²) >= 11 is 0. The summed E-state index contributed by atoms with van der Waals surface area (Å²) < 4.78 is 19.0. The van der Waals surface area contributed by atoms with Gasteiger partial charge < -0.3 is 10.5 Å². The van der Waals surface area contributed by atoms with E-state index < -0.39 is 0 Å². The Balaban J connectivity index is 2.19. The molecular formula is C17H20FNO. The van der Waals surface area contributed by atoms with Gasteiger partial charge in [-0.05, 0) is 60.7 Å². The highest BCUT2D eigenvalue weighted by Crippen LogP contribution is 2.26. The summed E-state index contributed by atoms with van der Waals surface area (Å²) in [6, 6.07) is 8.84. The molecule has 0 aromatic heterocycles. The van der Waals surface area contributed by atoms with E-state index >= 15 is 0 Å². The molecule has 2 rings (SSSR count). The first-order valence-electron chi connectivity index (χ1n) is 6.69. The third-order valence-corrected chi connectivity index (χ3v) is 3.43. The van der Waals surface area contributed by atoms with Crippen LogP contribution in [-0.2, 0) is 13.2 Å². The fourth-order valence-corrected chi connectivity index (χ4v) is 2.36. The molecule has 2 aromatic carbocycles. The van der Waals surface area contributed by atoms with Crippen molar-refractivity contribution in [3.8, 4) is 5.75 Å². The predicted molar refractivity (Wildman–Crippen MR) is 79.3 cm³/mol. The highest BCUT2D eigenvalue weighted by Gasteiger charge is 2.07. The van der Waals surface area contributed by atoms with Gasteiger partial charge in [0.05, 0.1) is 0 Å². The van der Waals surface area contributed by atoms with Crippen molar-refractivity contribution in [2.24, 2.45) is 5.73 Å². The molecule has 3 heteroatoms. The molecule has 2 aromatic rings. The van der Waals surface area contributed by atoms with Crippen LogP contribution in [0.25, 0.3) is 0 Å². The van der Waals surface area contributed by atoms with Gasteiger partial charge in [-0.1, -0.05) is 18.2 Å². The van der Waals surface area contributed by atoms with Crippen molar-refractivity contribution in [1.82, 2.24) is 0 Å². The molecule has 0 aliphatic heterocycles. The van der Waals surface area contributed by atoms with E-state index in [-0.39, 0.29) is 5.82 Å². The lowest BCUT2D eigenvalue weighted by atomic mass is 10.1. The van der Waals surface area contributed by atoms with Gasteiger partial charge in [0.15, 0.2) is 0 Å². The monoisotopic (exact) mass is 273 g/mol. The molecule has 0 fully saturated rings. The zero-order valence-electron chi connectivity index (χ0n) is 12.2. The van der Waals surface area contributed by atoms with E-state index in [0.717, 1.165) is 33.6 Å². The second-order valence-corrected chi connectivity index (χ2v) is 5.12. The molecule has 0 aliphatic rings. The summed E-state index contributed by atoms with van der Waals surface area (Å²) in [7, 11) is 0. The predicted octanol–water partition coefficient (Wildman–Crippen LogP) is 3.79. The summed E-state index contributed by atoms with van der Waals surface area (Å²) in [5.74, 6) is 0.664. The molecule has 0 aliphatic carbocycles. The van der Waals surface area contributed by atoms with E-state index in [0.29, 0.717) is 13.2 Å². The van der Waals surface area contributed by atoms with E-state index in [4.69, 9.17) is 10.5 Å². The average molecular weight is 273 g/mol. The lowest BCUT2D eigenvalue weighted by Crippen LogP contribution is -2.03. The van der Waals surface area contributed by atoms with E-state index in [1.807, 2.05) is 32.9 Å². The Kier molecular flexibility index (Phi) is 4.40. The number of halogens is 1. The first-order valence-corrected chi connectivity index (χ1v) is 6.69. The molecule has 106 valence electrons. The summed E-state index contributed by atoms with van der Waals surface area (Å²) in [6.45, 7) is 6.88. The van der Waals surface area contributed by atoms with Gasteiger partial charge in [0.2, 0.25) is 0 Å². The number of aryl methyl sites for hydroxylation is 3. The van der Waals surface area contributed by atoms with Crippen molar-refractivity contribution < 1.29 is 9.13 Å². The summed E-state index contributed by atoms with van der Waals surface area (Å²) in [4.78, 5) is 0. The lowest BCUT2D eigenvalue weighted by Gasteiger charge is -2.14. The topological polar surface area (TPSA) is 35.2 Å². The summed E-state index contributed by atoms with van der Waals surface area (Å²) in [5.41, 5.74) is 10.8. The van der Waals surface area contributed by atoms with Gasteiger partial charge in [-0.3, -0.25) is 0 Å². The third-order valence-electron chi connectivity index (χ3n) is 3.43. The van der Waals surface area contributed by atoms with E-state index in [1.165, 1.54) is 12.1 Å². The van der Waals surface area contributed by atoms with Gasteiger partial charge >= 0.3 is 0 Å². The Morgan fingerprint density at radius 3 is 2.20 bits per heavy atom. The number of ether oxygens (including phenoxy) is 1. The molecule has 0 saturated heterocycles. The van der Waals surface area contributed by atoms with Crippen molar-refractivity contribution in [1.29, 1.82) is 0 Å². The van der Waals surface area contributed by atoms with Crippen LogP contribution in [-0.4, -0.2) is 0 Å². The molecule has 2 nitrogen and oxygen atoms in total. The number of rotatable bonds is 4. The maximum atomic E-state index is 13.1. The second-order valence-electron chi connectivity index (χ2n) is 5.12. The molecule has 0 heterocycles. The Bertz CT molecular complexity index is 599. The zero-order chi connectivity index (χ0) is 14.7. The molecule has 0 atom stereocenters. The van der Waals surface area contributed by atoms with Gasteiger partial charge in [0.25, 0.3) is 0 Å². The molecular weight excluding hydrogens is 253 g/mol. The quantitative estimate of drug-likeness (QED) is 0.920. The minimum absolute atomic E-state index is 0.217. The minimum Gasteiger partial charge on any atom is -0.488 e. The molecule has 0 bridgehead atoms. The first kappa shape index (κ1) is 14.5. The largest absolute Gasteiger partial charge is 0.488 e. The van der Waals surface area contributed by atoms with Crippen molar-refractivity contribution in [2.75, 3.05) is 0 Å². The fraction of sp³-hybridized carbons (Fsp3) is 0.294. The molecule has 2 N–H and O–H groups in total. The minimum atomic E-state index is -0.217. The van der Waals surface area contributed by atoms with Crippen LogP contribution in [0.5, 0.6) is 5.75 Å².